The Morgan fingerprint density at radius 1 is 1.16 bits per heavy atom. The quantitative estimate of drug-likeness (QED) is 0.414. The van der Waals surface area contributed by atoms with E-state index in [2.05, 4.69) is 9.97 Å². The van der Waals surface area contributed by atoms with Crippen LogP contribution in [0.4, 0.5) is 13.2 Å². The van der Waals surface area contributed by atoms with Gasteiger partial charge in [-0.25, -0.2) is 9.97 Å². The fourth-order valence-electron chi connectivity index (χ4n) is 3.66. The summed E-state index contributed by atoms with van der Waals surface area (Å²) in [5.41, 5.74) is 3.20. The van der Waals surface area contributed by atoms with E-state index in [4.69, 9.17) is 4.74 Å². The number of ether oxygens (including phenoxy) is 1. The molecule has 1 aliphatic heterocycles. The van der Waals surface area contributed by atoms with Crippen LogP contribution < -0.4 is 10.3 Å². The number of aromatic nitrogens is 3. The molecule has 0 spiro atoms. The van der Waals surface area contributed by atoms with Gasteiger partial charge in [-0.05, 0) is 54.0 Å². The van der Waals surface area contributed by atoms with E-state index < -0.39 is 11.7 Å². The zero-order valence-electron chi connectivity index (χ0n) is 16.6. The Kier molecular flexibility index (Phi) is 5.05. The summed E-state index contributed by atoms with van der Waals surface area (Å²) in [6, 6.07) is 10.5. The van der Waals surface area contributed by atoms with Gasteiger partial charge in [-0.1, -0.05) is 12.1 Å². The van der Waals surface area contributed by atoms with Crippen molar-refractivity contribution >= 4 is 33.9 Å². The molecule has 162 valence electrons. The molecule has 0 fully saturated rings. The molecule has 0 bridgehead atoms. The minimum absolute atomic E-state index is 0.0506. The molecule has 1 aliphatic rings. The zero-order valence-corrected chi connectivity index (χ0v) is 17.4. The normalized spacial score (nSPS) is 14.8. The van der Waals surface area contributed by atoms with Gasteiger partial charge in [0.2, 0.25) is 0 Å². The Balaban J connectivity index is 1.44. The van der Waals surface area contributed by atoms with Crippen molar-refractivity contribution in [3.63, 3.8) is 0 Å². The van der Waals surface area contributed by atoms with Crippen LogP contribution in [0.25, 0.3) is 22.6 Å². The van der Waals surface area contributed by atoms with Crippen LogP contribution in [0.15, 0.2) is 58.1 Å². The predicted molar refractivity (Wildman–Crippen MR) is 116 cm³/mol. The fourth-order valence-corrected chi connectivity index (χ4v) is 4.20. The maximum absolute atomic E-state index is 13.1. The third-order valence-electron chi connectivity index (χ3n) is 5.27. The molecule has 0 aliphatic carbocycles. The van der Waals surface area contributed by atoms with Crippen LogP contribution >= 0.6 is 11.3 Å². The molecule has 0 atom stereocenters. The summed E-state index contributed by atoms with van der Waals surface area (Å²) in [7, 11) is 0. The lowest BCUT2D eigenvalue weighted by Gasteiger charge is -2.09. The number of benzene rings is 2. The number of nitrogens with zero attached hydrogens (tertiary/aromatic N) is 3. The number of hydrogen-bond donors (Lipinski definition) is 0. The van der Waals surface area contributed by atoms with Gasteiger partial charge in [-0.15, -0.1) is 11.3 Å². The van der Waals surface area contributed by atoms with E-state index in [1.54, 1.807) is 5.51 Å². The molecule has 9 heteroatoms. The van der Waals surface area contributed by atoms with Gasteiger partial charge in [0, 0.05) is 11.9 Å². The molecule has 4 aromatic rings. The van der Waals surface area contributed by atoms with E-state index in [9.17, 15) is 18.0 Å². The second-order valence-corrected chi connectivity index (χ2v) is 8.10. The Morgan fingerprint density at radius 3 is 2.69 bits per heavy atom. The lowest BCUT2D eigenvalue weighted by Crippen LogP contribution is -2.21. The monoisotopic (exact) mass is 455 g/mol. The van der Waals surface area contributed by atoms with Gasteiger partial charge in [0.15, 0.2) is 0 Å². The van der Waals surface area contributed by atoms with Crippen LogP contribution in [0.2, 0.25) is 0 Å². The van der Waals surface area contributed by atoms with Crippen molar-refractivity contribution in [2.75, 3.05) is 0 Å². The molecule has 2 aromatic heterocycles. The third-order valence-corrected chi connectivity index (χ3v) is 5.90. The molecule has 5 rings (SSSR count). The molecule has 0 amide bonds. The predicted octanol–water partition coefficient (Wildman–Crippen LogP) is 5.40. The van der Waals surface area contributed by atoms with Crippen molar-refractivity contribution in [1.82, 2.24) is 14.5 Å². The van der Waals surface area contributed by atoms with E-state index >= 15 is 0 Å². The number of alkyl halides is 3. The molecule has 0 N–H and O–H groups in total. The largest absolute Gasteiger partial charge is 0.487 e. The smallest absolute Gasteiger partial charge is 0.416 e. The van der Waals surface area contributed by atoms with Crippen LogP contribution in [-0.4, -0.2) is 14.5 Å². The van der Waals surface area contributed by atoms with Crippen LogP contribution in [0.1, 0.15) is 29.1 Å². The van der Waals surface area contributed by atoms with E-state index in [0.29, 0.717) is 31.1 Å². The molecule has 0 saturated heterocycles. The van der Waals surface area contributed by atoms with Gasteiger partial charge in [-0.3, -0.25) is 9.36 Å². The van der Waals surface area contributed by atoms with Crippen molar-refractivity contribution in [3.05, 3.63) is 86.4 Å². The highest BCUT2D eigenvalue weighted by atomic mass is 32.1. The number of hydrogen-bond acceptors (Lipinski definition) is 5. The average molecular weight is 455 g/mol. The lowest BCUT2D eigenvalue weighted by atomic mass is 10.1. The van der Waals surface area contributed by atoms with Gasteiger partial charge >= 0.3 is 6.18 Å². The van der Waals surface area contributed by atoms with E-state index in [-0.39, 0.29) is 16.5 Å². The first kappa shape index (κ1) is 20.4. The SMILES string of the molecule is O=c1c2ccc(C(F)(F)F)cc2nc2n1CC/C2=C\c1ccc(OCc2cscn2)cc1. The number of thiazole rings is 1. The van der Waals surface area contributed by atoms with Gasteiger partial charge in [-0.2, -0.15) is 13.2 Å². The number of fused-ring (bicyclic) bond motifs is 2. The first-order valence-electron chi connectivity index (χ1n) is 9.81. The standard InChI is InChI=1S/C23H16F3N3O2S/c24-23(25,26)16-3-6-19-20(10-16)28-21-15(7-8-29(21)22(19)30)9-14-1-4-18(5-2-14)31-11-17-12-32-13-27-17/h1-6,9-10,12-13H,7-8,11H2/b15-9+. The van der Waals surface area contributed by atoms with Gasteiger partial charge in [0.1, 0.15) is 18.2 Å². The molecule has 5 nitrogen and oxygen atoms in total. The van der Waals surface area contributed by atoms with Gasteiger partial charge < -0.3 is 4.74 Å². The van der Waals surface area contributed by atoms with E-state index in [0.717, 1.165) is 29.0 Å². The number of rotatable bonds is 4. The molecule has 2 aromatic carbocycles. The van der Waals surface area contributed by atoms with Crippen LogP contribution in [0.3, 0.4) is 0 Å². The molecule has 0 unspecified atom stereocenters. The molecular weight excluding hydrogens is 439 g/mol. The third kappa shape index (κ3) is 3.91. The second-order valence-electron chi connectivity index (χ2n) is 7.38. The summed E-state index contributed by atoms with van der Waals surface area (Å²) in [5.74, 6) is 1.11. The fraction of sp³-hybridized carbons (Fsp3) is 0.174. The Morgan fingerprint density at radius 2 is 1.97 bits per heavy atom. The summed E-state index contributed by atoms with van der Waals surface area (Å²) in [6.07, 6.45) is -2.02. The summed E-state index contributed by atoms with van der Waals surface area (Å²) in [4.78, 5) is 21.4. The molecular formula is C23H16F3N3O2S. The molecule has 0 radical (unpaired) electrons. The first-order valence-corrected chi connectivity index (χ1v) is 10.8. The van der Waals surface area contributed by atoms with Crippen molar-refractivity contribution < 1.29 is 17.9 Å². The van der Waals surface area contributed by atoms with Crippen LogP contribution in [0, 0.1) is 0 Å². The second kappa shape index (κ2) is 7.90. The number of halogens is 3. The maximum Gasteiger partial charge on any atom is 0.416 e. The highest BCUT2D eigenvalue weighted by Gasteiger charge is 2.31. The summed E-state index contributed by atoms with van der Waals surface area (Å²) < 4.78 is 46.5. The Hall–Kier alpha value is -3.46. The minimum atomic E-state index is -4.49. The van der Waals surface area contributed by atoms with Gasteiger partial charge in [0.25, 0.3) is 5.56 Å². The summed E-state index contributed by atoms with van der Waals surface area (Å²) in [6.45, 7) is 0.829. The summed E-state index contributed by atoms with van der Waals surface area (Å²) >= 11 is 1.51. The number of allylic oxidation sites excluding steroid dienone is 1. The summed E-state index contributed by atoms with van der Waals surface area (Å²) in [5, 5.41) is 2.11. The van der Waals surface area contributed by atoms with Crippen molar-refractivity contribution in [1.29, 1.82) is 0 Å². The Labute approximate surface area is 184 Å². The van der Waals surface area contributed by atoms with Gasteiger partial charge in [0.05, 0.1) is 27.7 Å². The average Bonchev–Trinajstić information content (AvgIpc) is 3.43. The first-order chi connectivity index (χ1) is 15.4. The van der Waals surface area contributed by atoms with Crippen LogP contribution in [0.5, 0.6) is 5.75 Å². The topological polar surface area (TPSA) is 57.0 Å². The highest BCUT2D eigenvalue weighted by molar-refractivity contribution is 7.07. The maximum atomic E-state index is 13.1. The van der Waals surface area contributed by atoms with E-state index in [1.165, 1.54) is 22.0 Å². The zero-order chi connectivity index (χ0) is 22.3. The van der Waals surface area contributed by atoms with Crippen LogP contribution in [-0.2, 0) is 19.3 Å². The van der Waals surface area contributed by atoms with Crippen molar-refractivity contribution in [3.8, 4) is 5.75 Å². The molecule has 32 heavy (non-hydrogen) atoms. The van der Waals surface area contributed by atoms with Crippen molar-refractivity contribution in [2.24, 2.45) is 0 Å². The van der Waals surface area contributed by atoms with E-state index in [1.807, 2.05) is 35.7 Å². The lowest BCUT2D eigenvalue weighted by molar-refractivity contribution is -0.137. The Bertz CT molecular complexity index is 1370. The molecule has 3 heterocycles. The highest BCUT2D eigenvalue weighted by Crippen LogP contribution is 2.32. The molecule has 0 saturated carbocycles. The minimum Gasteiger partial charge on any atom is -0.487 e. The van der Waals surface area contributed by atoms with Crippen molar-refractivity contribution in [2.45, 2.75) is 25.7 Å².